The molecule has 1 heterocycles. The number of piperidine rings is 1. The van der Waals surface area contributed by atoms with E-state index in [0.29, 0.717) is 6.04 Å². The van der Waals surface area contributed by atoms with Gasteiger partial charge in [-0.25, -0.2) is 0 Å². The normalized spacial score (nSPS) is 32.7. The standard InChI is InChI=1S/C8H18N2O/c1-6(2)10-7-3-4-9-5-8(7)11/h6-11H,3-5H2,1-2H3/t7-,8-/m0/s1. The minimum Gasteiger partial charge on any atom is -0.390 e. The molecule has 3 nitrogen and oxygen atoms in total. The zero-order valence-corrected chi connectivity index (χ0v) is 7.30. The molecule has 11 heavy (non-hydrogen) atoms. The maximum absolute atomic E-state index is 9.49. The third-order valence-corrected chi connectivity index (χ3v) is 2.00. The fourth-order valence-electron chi connectivity index (χ4n) is 1.46. The second-order valence-electron chi connectivity index (χ2n) is 3.49. The van der Waals surface area contributed by atoms with Crippen molar-refractivity contribution in [2.75, 3.05) is 13.1 Å². The van der Waals surface area contributed by atoms with Gasteiger partial charge in [-0.2, -0.15) is 0 Å². The third-order valence-electron chi connectivity index (χ3n) is 2.00. The van der Waals surface area contributed by atoms with Crippen molar-refractivity contribution in [1.82, 2.24) is 10.6 Å². The van der Waals surface area contributed by atoms with Gasteiger partial charge in [-0.15, -0.1) is 0 Å². The van der Waals surface area contributed by atoms with E-state index in [-0.39, 0.29) is 12.1 Å². The van der Waals surface area contributed by atoms with Gasteiger partial charge < -0.3 is 15.7 Å². The van der Waals surface area contributed by atoms with E-state index in [9.17, 15) is 5.11 Å². The predicted octanol–water partition coefficient (Wildman–Crippen LogP) is -0.293. The predicted molar refractivity (Wildman–Crippen MR) is 45.6 cm³/mol. The van der Waals surface area contributed by atoms with E-state index < -0.39 is 0 Å². The molecule has 3 heteroatoms. The molecular formula is C8H18N2O. The molecule has 0 aromatic heterocycles. The van der Waals surface area contributed by atoms with E-state index in [1.165, 1.54) is 0 Å². The van der Waals surface area contributed by atoms with E-state index in [1.54, 1.807) is 0 Å². The lowest BCUT2D eigenvalue weighted by Gasteiger charge is -2.30. The van der Waals surface area contributed by atoms with Crippen molar-refractivity contribution in [1.29, 1.82) is 0 Å². The first-order valence-corrected chi connectivity index (χ1v) is 4.35. The van der Waals surface area contributed by atoms with Crippen LogP contribution in [0.5, 0.6) is 0 Å². The maximum Gasteiger partial charge on any atom is 0.0817 e. The monoisotopic (exact) mass is 158 g/mol. The van der Waals surface area contributed by atoms with Crippen LogP contribution >= 0.6 is 0 Å². The smallest absolute Gasteiger partial charge is 0.0817 e. The van der Waals surface area contributed by atoms with Gasteiger partial charge in [0, 0.05) is 18.6 Å². The Kier molecular flexibility index (Phi) is 3.30. The molecule has 1 aliphatic heterocycles. The van der Waals surface area contributed by atoms with Crippen LogP contribution in [0.2, 0.25) is 0 Å². The van der Waals surface area contributed by atoms with Gasteiger partial charge in [-0.05, 0) is 13.0 Å². The van der Waals surface area contributed by atoms with Crippen LogP contribution in [0, 0.1) is 0 Å². The average molecular weight is 158 g/mol. The molecule has 0 spiro atoms. The summed E-state index contributed by atoms with van der Waals surface area (Å²) < 4.78 is 0. The Morgan fingerprint density at radius 2 is 2.27 bits per heavy atom. The molecule has 0 unspecified atom stereocenters. The molecule has 2 atom stereocenters. The third kappa shape index (κ3) is 2.77. The molecule has 0 aromatic carbocycles. The minimum atomic E-state index is -0.217. The SMILES string of the molecule is CC(C)N[C@H]1CCNC[C@@H]1O. The number of nitrogens with one attached hydrogen (secondary N) is 2. The molecule has 0 amide bonds. The van der Waals surface area contributed by atoms with Crippen molar-refractivity contribution in [3.63, 3.8) is 0 Å². The second kappa shape index (κ2) is 4.04. The second-order valence-corrected chi connectivity index (χ2v) is 3.49. The van der Waals surface area contributed by atoms with Crippen LogP contribution in [0.15, 0.2) is 0 Å². The molecule has 0 aliphatic carbocycles. The summed E-state index contributed by atoms with van der Waals surface area (Å²) in [5, 5.41) is 16.0. The molecular weight excluding hydrogens is 140 g/mol. The summed E-state index contributed by atoms with van der Waals surface area (Å²) in [6, 6.07) is 0.754. The number of hydrogen-bond donors (Lipinski definition) is 3. The fourth-order valence-corrected chi connectivity index (χ4v) is 1.46. The van der Waals surface area contributed by atoms with Crippen molar-refractivity contribution in [3.05, 3.63) is 0 Å². The summed E-state index contributed by atoms with van der Waals surface area (Å²) in [6.07, 6.45) is 0.811. The Bertz CT molecular complexity index is 117. The Hall–Kier alpha value is -0.120. The Labute approximate surface area is 68.2 Å². The van der Waals surface area contributed by atoms with Crippen LogP contribution < -0.4 is 10.6 Å². The van der Waals surface area contributed by atoms with Gasteiger partial charge in [-0.3, -0.25) is 0 Å². The Morgan fingerprint density at radius 3 is 2.82 bits per heavy atom. The first kappa shape index (κ1) is 8.97. The van der Waals surface area contributed by atoms with Crippen LogP contribution in [-0.4, -0.2) is 36.4 Å². The van der Waals surface area contributed by atoms with E-state index >= 15 is 0 Å². The molecule has 66 valence electrons. The van der Waals surface area contributed by atoms with E-state index in [0.717, 1.165) is 19.5 Å². The number of rotatable bonds is 2. The van der Waals surface area contributed by atoms with Crippen molar-refractivity contribution < 1.29 is 5.11 Å². The highest BCUT2D eigenvalue weighted by Crippen LogP contribution is 2.03. The van der Waals surface area contributed by atoms with E-state index in [4.69, 9.17) is 0 Å². The van der Waals surface area contributed by atoms with Crippen LogP contribution in [0.25, 0.3) is 0 Å². The highest BCUT2D eigenvalue weighted by Gasteiger charge is 2.22. The summed E-state index contributed by atoms with van der Waals surface area (Å²) in [5.41, 5.74) is 0. The first-order chi connectivity index (χ1) is 5.20. The summed E-state index contributed by atoms with van der Waals surface area (Å²) in [4.78, 5) is 0. The van der Waals surface area contributed by atoms with E-state index in [1.807, 2.05) is 0 Å². The van der Waals surface area contributed by atoms with Gasteiger partial charge in [0.05, 0.1) is 6.10 Å². The van der Waals surface area contributed by atoms with Crippen LogP contribution in [0.4, 0.5) is 0 Å². The van der Waals surface area contributed by atoms with Crippen molar-refractivity contribution in [2.24, 2.45) is 0 Å². The largest absolute Gasteiger partial charge is 0.390 e. The number of aliphatic hydroxyl groups excluding tert-OH is 1. The molecule has 0 radical (unpaired) electrons. The zero-order chi connectivity index (χ0) is 8.27. The lowest BCUT2D eigenvalue weighted by molar-refractivity contribution is 0.0986. The van der Waals surface area contributed by atoms with Gasteiger partial charge in [0.15, 0.2) is 0 Å². The van der Waals surface area contributed by atoms with Gasteiger partial charge in [0.2, 0.25) is 0 Å². The lowest BCUT2D eigenvalue weighted by atomic mass is 10.0. The van der Waals surface area contributed by atoms with E-state index in [2.05, 4.69) is 24.5 Å². The molecule has 1 fully saturated rings. The zero-order valence-electron chi connectivity index (χ0n) is 7.30. The van der Waals surface area contributed by atoms with Gasteiger partial charge in [0.25, 0.3) is 0 Å². The van der Waals surface area contributed by atoms with Gasteiger partial charge >= 0.3 is 0 Å². The number of hydrogen-bond acceptors (Lipinski definition) is 3. The van der Waals surface area contributed by atoms with Crippen molar-refractivity contribution in [3.8, 4) is 0 Å². The topological polar surface area (TPSA) is 44.3 Å². The fraction of sp³-hybridized carbons (Fsp3) is 1.00. The lowest BCUT2D eigenvalue weighted by Crippen LogP contribution is -2.52. The molecule has 0 saturated carbocycles. The molecule has 1 saturated heterocycles. The maximum atomic E-state index is 9.49. The number of aliphatic hydroxyl groups is 1. The summed E-state index contributed by atoms with van der Waals surface area (Å²) >= 11 is 0. The average Bonchev–Trinajstić information content (AvgIpc) is 1.93. The summed E-state index contributed by atoms with van der Waals surface area (Å²) in [6.45, 7) is 5.95. The van der Waals surface area contributed by atoms with Gasteiger partial charge in [-0.1, -0.05) is 13.8 Å². The van der Waals surface area contributed by atoms with Crippen molar-refractivity contribution in [2.45, 2.75) is 38.5 Å². The first-order valence-electron chi connectivity index (χ1n) is 4.35. The van der Waals surface area contributed by atoms with Crippen LogP contribution in [0.1, 0.15) is 20.3 Å². The molecule has 1 aliphatic rings. The summed E-state index contributed by atoms with van der Waals surface area (Å²) in [5.74, 6) is 0. The van der Waals surface area contributed by atoms with Crippen molar-refractivity contribution >= 4 is 0 Å². The summed E-state index contributed by atoms with van der Waals surface area (Å²) in [7, 11) is 0. The van der Waals surface area contributed by atoms with Crippen LogP contribution in [-0.2, 0) is 0 Å². The minimum absolute atomic E-state index is 0.217. The molecule has 0 aromatic rings. The number of β-amino-alcohol motifs (C(OH)–C–C–N with tert-alkyl or cyclic N) is 1. The molecule has 1 rings (SSSR count). The Balaban J connectivity index is 2.29. The molecule has 0 bridgehead atoms. The highest BCUT2D eigenvalue weighted by molar-refractivity contribution is 4.83. The molecule has 3 N–H and O–H groups in total. The van der Waals surface area contributed by atoms with Crippen LogP contribution in [0.3, 0.4) is 0 Å². The highest BCUT2D eigenvalue weighted by atomic mass is 16.3. The Morgan fingerprint density at radius 1 is 1.55 bits per heavy atom. The quantitative estimate of drug-likeness (QED) is 0.517. The van der Waals surface area contributed by atoms with Gasteiger partial charge in [0.1, 0.15) is 0 Å².